The number of fused-ring (bicyclic) bond motifs is 1. The van der Waals surface area contributed by atoms with E-state index < -0.39 is 0 Å². The topological polar surface area (TPSA) is 51.2 Å². The molecule has 1 aliphatic heterocycles. The molecule has 0 fully saturated rings. The van der Waals surface area contributed by atoms with Gasteiger partial charge in [-0.25, -0.2) is 4.98 Å². The van der Waals surface area contributed by atoms with Crippen molar-refractivity contribution in [2.24, 2.45) is 0 Å². The fourth-order valence-electron chi connectivity index (χ4n) is 2.10. The van der Waals surface area contributed by atoms with Crippen molar-refractivity contribution in [3.63, 3.8) is 0 Å². The first-order valence-corrected chi connectivity index (χ1v) is 6.77. The zero-order valence-corrected chi connectivity index (χ0v) is 11.8. The molecule has 1 aliphatic rings. The van der Waals surface area contributed by atoms with Crippen LogP contribution in [0.1, 0.15) is 15.9 Å². The minimum absolute atomic E-state index is 0.269. The van der Waals surface area contributed by atoms with E-state index in [1.165, 1.54) is 12.3 Å². The molecule has 1 N–H and O–H groups in total. The molecular weight excluding hydrogens is 299 g/mol. The van der Waals surface area contributed by atoms with Gasteiger partial charge in [-0.15, -0.1) is 0 Å². The second-order valence-electron chi connectivity index (χ2n) is 4.36. The number of carbonyl (C=O) groups is 1. The van der Waals surface area contributed by atoms with Gasteiger partial charge in [0.05, 0.1) is 12.3 Å². The molecule has 102 valence electrons. The third kappa shape index (κ3) is 2.57. The second kappa shape index (κ2) is 5.31. The Kier molecular flexibility index (Phi) is 3.51. The Hall–Kier alpha value is -1.78. The Morgan fingerprint density at radius 3 is 2.95 bits per heavy atom. The molecule has 0 saturated heterocycles. The summed E-state index contributed by atoms with van der Waals surface area (Å²) in [6.07, 6.45) is 2.27. The SMILES string of the molecule is O=C(Nc1cc(Cl)cc2c1OCC2)c1ccnc(Cl)c1. The summed E-state index contributed by atoms with van der Waals surface area (Å²) in [5, 5.41) is 3.63. The average molecular weight is 309 g/mol. The monoisotopic (exact) mass is 308 g/mol. The van der Waals surface area contributed by atoms with Crippen LogP contribution in [0.25, 0.3) is 0 Å². The number of aromatic nitrogens is 1. The molecule has 1 amide bonds. The number of anilines is 1. The Bertz CT molecular complexity index is 689. The van der Waals surface area contributed by atoms with Crippen LogP contribution >= 0.6 is 23.2 Å². The van der Waals surface area contributed by atoms with Gasteiger partial charge in [-0.2, -0.15) is 0 Å². The lowest BCUT2D eigenvalue weighted by Gasteiger charge is -2.10. The van der Waals surface area contributed by atoms with E-state index in [0.29, 0.717) is 28.6 Å². The maximum absolute atomic E-state index is 12.2. The van der Waals surface area contributed by atoms with Gasteiger partial charge in [0, 0.05) is 28.8 Å². The highest BCUT2D eigenvalue weighted by Gasteiger charge is 2.19. The Morgan fingerprint density at radius 2 is 2.15 bits per heavy atom. The molecule has 20 heavy (non-hydrogen) atoms. The summed E-state index contributed by atoms with van der Waals surface area (Å²) in [6.45, 7) is 0.597. The van der Waals surface area contributed by atoms with Crippen molar-refractivity contribution in [2.45, 2.75) is 6.42 Å². The van der Waals surface area contributed by atoms with E-state index in [2.05, 4.69) is 10.3 Å². The first-order chi connectivity index (χ1) is 9.63. The van der Waals surface area contributed by atoms with Crippen LogP contribution in [0.15, 0.2) is 30.5 Å². The lowest BCUT2D eigenvalue weighted by molar-refractivity contribution is 0.102. The first kappa shape index (κ1) is 13.2. The fourth-order valence-corrected chi connectivity index (χ4v) is 2.52. The molecule has 1 aromatic carbocycles. The number of amides is 1. The molecule has 3 rings (SSSR count). The van der Waals surface area contributed by atoms with Gasteiger partial charge in [0.2, 0.25) is 0 Å². The van der Waals surface area contributed by atoms with E-state index in [-0.39, 0.29) is 11.1 Å². The molecule has 0 aliphatic carbocycles. The van der Waals surface area contributed by atoms with Crippen LogP contribution in [0.3, 0.4) is 0 Å². The number of pyridine rings is 1. The Labute approximate surface area is 125 Å². The third-order valence-electron chi connectivity index (χ3n) is 2.99. The van der Waals surface area contributed by atoms with Crippen molar-refractivity contribution in [2.75, 3.05) is 11.9 Å². The maximum Gasteiger partial charge on any atom is 0.255 e. The largest absolute Gasteiger partial charge is 0.491 e. The molecular formula is C14H10Cl2N2O2. The Morgan fingerprint density at radius 1 is 1.30 bits per heavy atom. The maximum atomic E-state index is 12.2. The summed E-state index contributed by atoms with van der Waals surface area (Å²) in [4.78, 5) is 16.0. The summed E-state index contributed by atoms with van der Waals surface area (Å²) >= 11 is 11.8. The molecule has 2 aromatic rings. The van der Waals surface area contributed by atoms with Crippen LogP contribution in [-0.2, 0) is 6.42 Å². The number of halogens is 2. The summed E-state index contributed by atoms with van der Waals surface area (Å²) in [6, 6.07) is 6.62. The standard InChI is InChI=1S/C14H10Cl2N2O2/c15-10-5-8-2-4-20-13(8)11(7-10)18-14(19)9-1-3-17-12(16)6-9/h1,3,5-7H,2,4H2,(H,18,19). The number of rotatable bonds is 2. The van der Waals surface area contributed by atoms with Gasteiger partial charge in [0.15, 0.2) is 0 Å². The van der Waals surface area contributed by atoms with E-state index in [1.54, 1.807) is 12.1 Å². The normalized spacial score (nSPS) is 12.7. The van der Waals surface area contributed by atoms with Crippen molar-refractivity contribution in [3.05, 3.63) is 51.8 Å². The zero-order valence-electron chi connectivity index (χ0n) is 10.3. The highest BCUT2D eigenvalue weighted by Crippen LogP contribution is 2.36. The molecule has 1 aromatic heterocycles. The molecule has 0 spiro atoms. The number of nitrogens with zero attached hydrogens (tertiary/aromatic N) is 1. The van der Waals surface area contributed by atoms with Gasteiger partial charge in [-0.3, -0.25) is 4.79 Å². The van der Waals surface area contributed by atoms with Gasteiger partial charge in [0.25, 0.3) is 5.91 Å². The highest BCUT2D eigenvalue weighted by atomic mass is 35.5. The summed E-state index contributed by atoms with van der Waals surface area (Å²) in [7, 11) is 0. The van der Waals surface area contributed by atoms with Crippen LogP contribution in [-0.4, -0.2) is 17.5 Å². The van der Waals surface area contributed by atoms with Crippen molar-refractivity contribution in [1.82, 2.24) is 4.98 Å². The van der Waals surface area contributed by atoms with Crippen LogP contribution in [0.5, 0.6) is 5.75 Å². The molecule has 0 atom stereocenters. The summed E-state index contributed by atoms with van der Waals surface area (Å²) < 4.78 is 5.53. The first-order valence-electron chi connectivity index (χ1n) is 6.01. The predicted molar refractivity (Wildman–Crippen MR) is 77.9 cm³/mol. The van der Waals surface area contributed by atoms with Gasteiger partial charge in [-0.05, 0) is 24.3 Å². The predicted octanol–water partition coefficient (Wildman–Crippen LogP) is 3.58. The van der Waals surface area contributed by atoms with Crippen molar-refractivity contribution in [1.29, 1.82) is 0 Å². The van der Waals surface area contributed by atoms with Crippen molar-refractivity contribution >= 4 is 34.8 Å². The molecule has 0 unspecified atom stereocenters. The number of nitrogens with one attached hydrogen (secondary N) is 1. The van der Waals surface area contributed by atoms with Crippen LogP contribution < -0.4 is 10.1 Å². The van der Waals surface area contributed by atoms with Gasteiger partial charge in [-0.1, -0.05) is 23.2 Å². The van der Waals surface area contributed by atoms with E-state index in [9.17, 15) is 4.79 Å². The number of hydrogen-bond acceptors (Lipinski definition) is 3. The average Bonchev–Trinajstić information content (AvgIpc) is 2.86. The number of hydrogen-bond donors (Lipinski definition) is 1. The number of ether oxygens (including phenoxy) is 1. The smallest absolute Gasteiger partial charge is 0.255 e. The van der Waals surface area contributed by atoms with Gasteiger partial charge in [0.1, 0.15) is 10.9 Å². The van der Waals surface area contributed by atoms with Gasteiger partial charge < -0.3 is 10.1 Å². The molecule has 0 radical (unpaired) electrons. The van der Waals surface area contributed by atoms with E-state index in [0.717, 1.165) is 12.0 Å². The van der Waals surface area contributed by atoms with Crippen molar-refractivity contribution < 1.29 is 9.53 Å². The van der Waals surface area contributed by atoms with Gasteiger partial charge >= 0.3 is 0 Å². The van der Waals surface area contributed by atoms with Crippen LogP contribution in [0.4, 0.5) is 5.69 Å². The van der Waals surface area contributed by atoms with Crippen LogP contribution in [0.2, 0.25) is 10.2 Å². The minimum atomic E-state index is -0.283. The fraction of sp³-hybridized carbons (Fsp3) is 0.143. The number of benzene rings is 1. The van der Waals surface area contributed by atoms with E-state index >= 15 is 0 Å². The minimum Gasteiger partial charge on any atom is -0.491 e. The molecule has 0 bridgehead atoms. The molecule has 2 heterocycles. The zero-order chi connectivity index (χ0) is 14.1. The van der Waals surface area contributed by atoms with E-state index in [1.807, 2.05) is 6.07 Å². The Balaban J connectivity index is 1.90. The van der Waals surface area contributed by atoms with Crippen LogP contribution in [0, 0.1) is 0 Å². The third-order valence-corrected chi connectivity index (χ3v) is 3.41. The highest BCUT2D eigenvalue weighted by molar-refractivity contribution is 6.31. The molecule has 4 nitrogen and oxygen atoms in total. The molecule has 6 heteroatoms. The quantitative estimate of drug-likeness (QED) is 0.863. The molecule has 0 saturated carbocycles. The summed E-state index contributed by atoms with van der Waals surface area (Å²) in [5.41, 5.74) is 2.00. The van der Waals surface area contributed by atoms with E-state index in [4.69, 9.17) is 27.9 Å². The summed E-state index contributed by atoms with van der Waals surface area (Å²) in [5.74, 6) is 0.400. The lowest BCUT2D eigenvalue weighted by atomic mass is 10.1. The van der Waals surface area contributed by atoms with Crippen molar-refractivity contribution in [3.8, 4) is 5.75 Å². The number of carbonyl (C=O) groups excluding carboxylic acids is 1. The lowest BCUT2D eigenvalue weighted by Crippen LogP contribution is -2.12. The second-order valence-corrected chi connectivity index (χ2v) is 5.19.